The van der Waals surface area contributed by atoms with Crippen molar-refractivity contribution in [2.45, 2.75) is 123 Å². The topological polar surface area (TPSA) is 26.3 Å². The highest BCUT2D eigenvalue weighted by Crippen LogP contribution is 2.40. The fourth-order valence-electron chi connectivity index (χ4n) is 5.81. The van der Waals surface area contributed by atoms with E-state index >= 15 is 0 Å². The summed E-state index contributed by atoms with van der Waals surface area (Å²) in [6.45, 7) is 18.1. The fraction of sp³-hybridized carbons (Fsp3) is 0.600. The molecule has 1 heterocycles. The highest BCUT2D eigenvalue weighted by atomic mass is 32.2. The minimum atomic E-state index is -1.26. The average Bonchev–Trinajstić information content (AvgIpc) is 2.88. The van der Waals surface area contributed by atoms with Gasteiger partial charge in [-0.3, -0.25) is 0 Å². The third kappa shape index (κ3) is 9.11. The van der Waals surface area contributed by atoms with Gasteiger partial charge in [-0.1, -0.05) is 97.4 Å². The van der Waals surface area contributed by atoms with Crippen LogP contribution in [0.5, 0.6) is 5.75 Å². The number of fused-ring (bicyclic) bond motifs is 1. The third-order valence-electron chi connectivity index (χ3n) is 8.40. The summed E-state index contributed by atoms with van der Waals surface area (Å²) in [6.07, 6.45) is 13.9. The number of aryl methyl sites for hydroxylation is 2. The van der Waals surface area contributed by atoms with E-state index in [1.165, 1.54) is 56.9 Å². The SMILES string of the molecule is C=C(c1cc(C)c2c(c1)CC[C@@](C)(CCC[C@H](C)CCC[C@H](C)CCCC(C)C)O2)[S@@](=O)c1ccccc1. The molecule has 0 saturated carbocycles. The summed E-state index contributed by atoms with van der Waals surface area (Å²) < 4.78 is 19.7. The molecule has 1 aliphatic heterocycles. The molecule has 0 fully saturated rings. The zero-order chi connectivity index (χ0) is 27.7. The number of rotatable bonds is 15. The van der Waals surface area contributed by atoms with Gasteiger partial charge in [0, 0.05) is 9.80 Å². The van der Waals surface area contributed by atoms with Crippen LogP contribution < -0.4 is 4.74 Å². The van der Waals surface area contributed by atoms with Crippen molar-refractivity contribution < 1.29 is 8.95 Å². The molecule has 0 unspecified atom stereocenters. The first kappa shape index (κ1) is 30.7. The number of hydrogen-bond acceptors (Lipinski definition) is 2. The third-order valence-corrected chi connectivity index (χ3v) is 9.78. The highest BCUT2D eigenvalue weighted by molar-refractivity contribution is 7.94. The van der Waals surface area contributed by atoms with Crippen LogP contribution in [-0.2, 0) is 17.2 Å². The minimum Gasteiger partial charge on any atom is -0.487 e. The van der Waals surface area contributed by atoms with Gasteiger partial charge < -0.3 is 4.74 Å². The lowest BCUT2D eigenvalue weighted by molar-refractivity contribution is 0.0516. The van der Waals surface area contributed by atoms with Crippen LogP contribution in [-0.4, -0.2) is 9.81 Å². The standard InChI is InChI=1S/C35H52O2S/c1-26(2)14-11-15-27(3)16-12-17-28(4)18-13-22-35(7)23-21-31-25-32(24-29(5)34(31)37-35)30(6)38(36)33-19-9-8-10-20-33/h8-10,19-20,24-28H,6,11-18,21-23H2,1-5,7H3/t27-,28-,35-,38-/m1/s1. The predicted octanol–water partition coefficient (Wildman–Crippen LogP) is 10.3. The monoisotopic (exact) mass is 536 g/mol. The number of ether oxygens (including phenoxy) is 1. The predicted molar refractivity (Wildman–Crippen MR) is 165 cm³/mol. The molecule has 4 atom stereocenters. The summed E-state index contributed by atoms with van der Waals surface area (Å²) in [7, 11) is -1.26. The van der Waals surface area contributed by atoms with E-state index in [4.69, 9.17) is 4.74 Å². The Hall–Kier alpha value is -1.87. The summed E-state index contributed by atoms with van der Waals surface area (Å²) in [4.78, 5) is 1.46. The van der Waals surface area contributed by atoms with E-state index in [-0.39, 0.29) is 5.60 Å². The van der Waals surface area contributed by atoms with E-state index in [9.17, 15) is 4.21 Å². The van der Waals surface area contributed by atoms with Crippen molar-refractivity contribution >= 4 is 15.7 Å². The Morgan fingerprint density at radius 1 is 0.947 bits per heavy atom. The Labute approximate surface area is 236 Å². The Morgan fingerprint density at radius 2 is 1.55 bits per heavy atom. The molecule has 2 nitrogen and oxygen atoms in total. The smallest absolute Gasteiger partial charge is 0.126 e. The summed E-state index contributed by atoms with van der Waals surface area (Å²) >= 11 is 0. The lowest BCUT2D eigenvalue weighted by Gasteiger charge is -2.37. The van der Waals surface area contributed by atoms with E-state index in [2.05, 4.69) is 60.3 Å². The van der Waals surface area contributed by atoms with Gasteiger partial charge in [0.2, 0.25) is 0 Å². The Morgan fingerprint density at radius 3 is 2.18 bits per heavy atom. The zero-order valence-electron chi connectivity index (χ0n) is 25.0. The highest BCUT2D eigenvalue weighted by Gasteiger charge is 2.32. The molecule has 0 spiro atoms. The molecule has 3 heteroatoms. The summed E-state index contributed by atoms with van der Waals surface area (Å²) in [5.74, 6) is 3.53. The quantitative estimate of drug-likeness (QED) is 0.226. The van der Waals surface area contributed by atoms with Crippen molar-refractivity contribution in [3.63, 3.8) is 0 Å². The number of benzene rings is 2. The van der Waals surface area contributed by atoms with Gasteiger partial charge in [-0.25, -0.2) is 4.21 Å². The van der Waals surface area contributed by atoms with Gasteiger partial charge in [-0.2, -0.15) is 0 Å². The molecule has 0 aromatic heterocycles. The van der Waals surface area contributed by atoms with Gasteiger partial charge in [-0.15, -0.1) is 0 Å². The van der Waals surface area contributed by atoms with Gasteiger partial charge in [0.1, 0.15) is 11.4 Å². The Bertz CT molecular complexity index is 1060. The average molecular weight is 537 g/mol. The molecule has 0 bridgehead atoms. The first-order chi connectivity index (χ1) is 18.1. The molecule has 2 aromatic carbocycles. The van der Waals surface area contributed by atoms with Crippen LogP contribution in [0.2, 0.25) is 0 Å². The first-order valence-electron chi connectivity index (χ1n) is 15.1. The Balaban J connectivity index is 1.46. The number of hydrogen-bond donors (Lipinski definition) is 0. The van der Waals surface area contributed by atoms with Crippen molar-refractivity contribution in [3.05, 3.63) is 65.7 Å². The van der Waals surface area contributed by atoms with E-state index < -0.39 is 10.8 Å². The van der Waals surface area contributed by atoms with Crippen LogP contribution in [0.4, 0.5) is 0 Å². The van der Waals surface area contributed by atoms with Crippen LogP contribution in [0.3, 0.4) is 0 Å². The maximum atomic E-state index is 13.0. The van der Waals surface area contributed by atoms with Gasteiger partial charge in [0.15, 0.2) is 0 Å². The lowest BCUT2D eigenvalue weighted by atomic mass is 9.85. The van der Waals surface area contributed by atoms with E-state index in [1.807, 2.05) is 30.3 Å². The summed E-state index contributed by atoms with van der Waals surface area (Å²) in [6, 6.07) is 13.8. The fourth-order valence-corrected chi connectivity index (χ4v) is 6.83. The largest absolute Gasteiger partial charge is 0.487 e. The summed E-state index contributed by atoms with van der Waals surface area (Å²) in [5, 5.41) is 0. The zero-order valence-corrected chi connectivity index (χ0v) is 25.8. The van der Waals surface area contributed by atoms with E-state index in [0.29, 0.717) is 4.91 Å². The van der Waals surface area contributed by atoms with E-state index in [1.54, 1.807) is 0 Å². The van der Waals surface area contributed by atoms with Crippen molar-refractivity contribution in [2.24, 2.45) is 17.8 Å². The van der Waals surface area contributed by atoms with Crippen LogP contribution >= 0.6 is 0 Å². The molecule has 0 saturated heterocycles. The molecular weight excluding hydrogens is 484 g/mol. The molecule has 0 radical (unpaired) electrons. The molecule has 210 valence electrons. The molecule has 0 amide bonds. The molecule has 0 aliphatic carbocycles. The normalized spacial score (nSPS) is 19.4. The van der Waals surface area contributed by atoms with Crippen molar-refractivity contribution in [3.8, 4) is 5.75 Å². The molecule has 1 aliphatic rings. The van der Waals surface area contributed by atoms with Gasteiger partial charge in [0.05, 0.1) is 10.8 Å². The molecule has 3 rings (SSSR count). The van der Waals surface area contributed by atoms with Crippen molar-refractivity contribution in [1.29, 1.82) is 0 Å². The molecular formula is C35H52O2S. The van der Waals surface area contributed by atoms with Crippen molar-refractivity contribution in [1.82, 2.24) is 0 Å². The van der Waals surface area contributed by atoms with Gasteiger partial charge >= 0.3 is 0 Å². The van der Waals surface area contributed by atoms with Crippen LogP contribution in [0.15, 0.2) is 53.9 Å². The van der Waals surface area contributed by atoms with E-state index in [0.717, 1.165) is 58.8 Å². The minimum absolute atomic E-state index is 0.103. The second kappa shape index (κ2) is 14.5. The van der Waals surface area contributed by atoms with Crippen LogP contribution in [0.25, 0.3) is 4.91 Å². The maximum Gasteiger partial charge on any atom is 0.126 e. The van der Waals surface area contributed by atoms with Crippen LogP contribution in [0, 0.1) is 24.7 Å². The second-order valence-electron chi connectivity index (χ2n) is 12.7. The Kier molecular flexibility index (Phi) is 11.7. The van der Waals surface area contributed by atoms with Crippen molar-refractivity contribution in [2.75, 3.05) is 0 Å². The molecule has 2 aromatic rings. The summed E-state index contributed by atoms with van der Waals surface area (Å²) in [5.41, 5.74) is 3.19. The van der Waals surface area contributed by atoms with Gasteiger partial charge in [0.25, 0.3) is 0 Å². The van der Waals surface area contributed by atoms with Crippen LogP contribution in [0.1, 0.15) is 116 Å². The first-order valence-corrected chi connectivity index (χ1v) is 16.2. The molecule has 38 heavy (non-hydrogen) atoms. The molecule has 0 N–H and O–H groups in total. The second-order valence-corrected chi connectivity index (χ2v) is 14.2. The lowest BCUT2D eigenvalue weighted by Crippen LogP contribution is -2.36. The maximum absolute atomic E-state index is 13.0. The van der Waals surface area contributed by atoms with Gasteiger partial charge in [-0.05, 0) is 98.2 Å².